The van der Waals surface area contributed by atoms with Crippen LogP contribution >= 0.6 is 0 Å². The van der Waals surface area contributed by atoms with Crippen LogP contribution in [0.4, 0.5) is 0 Å². The number of benzene rings is 1. The van der Waals surface area contributed by atoms with Crippen molar-refractivity contribution in [2.45, 2.75) is 52.0 Å². The second kappa shape index (κ2) is 12.3. The minimum atomic E-state index is 0.272. The number of nitrogens with one attached hydrogen (secondary N) is 2. The topological polar surface area (TPSA) is 94.8 Å². The van der Waals surface area contributed by atoms with Crippen LogP contribution in [0, 0.1) is 0 Å². The molecular formula is C22H34N6O3. The van der Waals surface area contributed by atoms with Gasteiger partial charge in [0.25, 0.3) is 0 Å². The lowest BCUT2D eigenvalue weighted by atomic mass is 10.1. The van der Waals surface area contributed by atoms with Gasteiger partial charge in [-0.25, -0.2) is 9.67 Å². The Bertz CT molecular complexity index is 821. The molecule has 2 N–H and O–H groups in total. The van der Waals surface area contributed by atoms with Gasteiger partial charge >= 0.3 is 0 Å². The Morgan fingerprint density at radius 3 is 2.81 bits per heavy atom. The Hall–Kier alpha value is -2.65. The molecule has 1 aliphatic heterocycles. The predicted molar refractivity (Wildman–Crippen MR) is 119 cm³/mol. The summed E-state index contributed by atoms with van der Waals surface area (Å²) in [5, 5.41) is 11.4. The van der Waals surface area contributed by atoms with Crippen molar-refractivity contribution < 1.29 is 14.2 Å². The zero-order chi connectivity index (χ0) is 21.9. The van der Waals surface area contributed by atoms with E-state index in [4.69, 9.17) is 19.2 Å². The first-order chi connectivity index (χ1) is 15.2. The highest BCUT2D eigenvalue weighted by molar-refractivity contribution is 5.80. The molecule has 1 aliphatic rings. The van der Waals surface area contributed by atoms with Crippen LogP contribution in [0.2, 0.25) is 0 Å². The second-order valence-electron chi connectivity index (χ2n) is 7.45. The molecule has 1 aromatic carbocycles. The van der Waals surface area contributed by atoms with Gasteiger partial charge in [-0.1, -0.05) is 12.1 Å². The maximum absolute atomic E-state index is 5.77. The number of hydrogen-bond donors (Lipinski definition) is 2. The Morgan fingerprint density at radius 1 is 1.23 bits per heavy atom. The lowest BCUT2D eigenvalue weighted by molar-refractivity contribution is 0.120. The number of methoxy groups -OCH3 is 2. The number of fused-ring (bicyclic) bond motifs is 1. The number of aromatic nitrogens is 3. The molecule has 1 unspecified atom stereocenters. The molecule has 0 bridgehead atoms. The maximum atomic E-state index is 5.77. The highest BCUT2D eigenvalue weighted by Gasteiger charge is 2.22. The molecule has 3 rings (SSSR count). The van der Waals surface area contributed by atoms with E-state index in [0.29, 0.717) is 26.4 Å². The van der Waals surface area contributed by atoms with E-state index in [-0.39, 0.29) is 6.04 Å². The van der Waals surface area contributed by atoms with Crippen LogP contribution in [0.3, 0.4) is 0 Å². The Labute approximate surface area is 184 Å². The molecule has 0 saturated carbocycles. The fourth-order valence-electron chi connectivity index (χ4n) is 3.45. The van der Waals surface area contributed by atoms with Crippen LogP contribution in [-0.2, 0) is 35.7 Å². The average molecular weight is 431 g/mol. The number of rotatable bonds is 11. The van der Waals surface area contributed by atoms with Gasteiger partial charge in [-0.2, -0.15) is 5.10 Å². The number of guanidine groups is 1. The molecule has 0 aliphatic carbocycles. The van der Waals surface area contributed by atoms with Crippen molar-refractivity contribution in [3.05, 3.63) is 41.5 Å². The average Bonchev–Trinajstić information content (AvgIpc) is 3.18. The van der Waals surface area contributed by atoms with Gasteiger partial charge in [0, 0.05) is 39.3 Å². The molecule has 0 saturated heterocycles. The third-order valence-corrected chi connectivity index (χ3v) is 5.00. The van der Waals surface area contributed by atoms with Crippen molar-refractivity contribution in [3.8, 4) is 5.75 Å². The Balaban J connectivity index is 1.40. The van der Waals surface area contributed by atoms with Gasteiger partial charge in [-0.3, -0.25) is 4.99 Å². The molecular weight excluding hydrogens is 396 g/mol. The third-order valence-electron chi connectivity index (χ3n) is 5.00. The molecule has 0 fully saturated rings. The molecule has 9 heteroatoms. The number of ether oxygens (including phenoxy) is 3. The molecule has 31 heavy (non-hydrogen) atoms. The molecule has 2 aromatic rings. The first kappa shape index (κ1) is 23.0. The van der Waals surface area contributed by atoms with Crippen LogP contribution in [0.15, 0.2) is 29.3 Å². The fraction of sp³-hybridized carbons (Fsp3) is 0.591. The number of nitrogens with zero attached hydrogens (tertiary/aromatic N) is 4. The van der Waals surface area contributed by atoms with Gasteiger partial charge in [-0.05, 0) is 37.5 Å². The van der Waals surface area contributed by atoms with E-state index in [0.717, 1.165) is 61.3 Å². The Morgan fingerprint density at radius 2 is 2.06 bits per heavy atom. The molecule has 0 spiro atoms. The largest absolute Gasteiger partial charge is 0.497 e. The quantitative estimate of drug-likeness (QED) is 0.319. The lowest BCUT2D eigenvalue weighted by Gasteiger charge is -2.25. The van der Waals surface area contributed by atoms with Crippen molar-refractivity contribution >= 4 is 5.96 Å². The highest BCUT2D eigenvalue weighted by Crippen LogP contribution is 2.14. The van der Waals surface area contributed by atoms with Gasteiger partial charge in [0.15, 0.2) is 11.8 Å². The molecule has 1 aromatic heterocycles. The summed E-state index contributed by atoms with van der Waals surface area (Å²) in [5.41, 5.74) is 1.14. The van der Waals surface area contributed by atoms with E-state index >= 15 is 0 Å². The number of aliphatic imine (C=N–C) groups is 1. The van der Waals surface area contributed by atoms with Crippen molar-refractivity contribution in [3.63, 3.8) is 0 Å². The van der Waals surface area contributed by atoms with Gasteiger partial charge in [0.2, 0.25) is 0 Å². The van der Waals surface area contributed by atoms with Crippen molar-refractivity contribution in [2.75, 3.05) is 33.9 Å². The predicted octanol–water partition coefficient (Wildman–Crippen LogP) is 1.91. The summed E-state index contributed by atoms with van der Waals surface area (Å²) in [7, 11) is 3.33. The summed E-state index contributed by atoms with van der Waals surface area (Å²) in [6.07, 6.45) is 2.76. The second-order valence-corrected chi connectivity index (χ2v) is 7.45. The highest BCUT2D eigenvalue weighted by atomic mass is 16.5. The molecule has 0 radical (unpaired) electrons. The van der Waals surface area contributed by atoms with Crippen LogP contribution in [0.1, 0.15) is 37.0 Å². The molecule has 1 atom stereocenters. The van der Waals surface area contributed by atoms with Crippen LogP contribution in [0.25, 0.3) is 0 Å². The zero-order valence-electron chi connectivity index (χ0n) is 18.8. The molecule has 0 amide bonds. The summed E-state index contributed by atoms with van der Waals surface area (Å²) < 4.78 is 18.1. The number of hydrogen-bond acceptors (Lipinski definition) is 6. The first-order valence-corrected chi connectivity index (χ1v) is 10.9. The van der Waals surface area contributed by atoms with Gasteiger partial charge in [0.05, 0.1) is 20.3 Å². The smallest absolute Gasteiger partial charge is 0.191 e. The van der Waals surface area contributed by atoms with E-state index in [2.05, 4.69) is 27.6 Å². The lowest BCUT2D eigenvalue weighted by Crippen LogP contribution is -2.47. The third kappa shape index (κ3) is 7.22. The van der Waals surface area contributed by atoms with Crippen LogP contribution in [0.5, 0.6) is 5.75 Å². The molecule has 170 valence electrons. The van der Waals surface area contributed by atoms with Gasteiger partial charge in [0.1, 0.15) is 18.2 Å². The monoisotopic (exact) mass is 430 g/mol. The van der Waals surface area contributed by atoms with E-state index in [1.165, 1.54) is 0 Å². The summed E-state index contributed by atoms with van der Waals surface area (Å²) in [6.45, 7) is 6.09. The Kier molecular flexibility index (Phi) is 9.11. The van der Waals surface area contributed by atoms with E-state index in [1.807, 2.05) is 28.9 Å². The van der Waals surface area contributed by atoms with E-state index < -0.39 is 0 Å². The summed E-state index contributed by atoms with van der Waals surface area (Å²) in [5.74, 6) is 3.47. The van der Waals surface area contributed by atoms with E-state index in [1.54, 1.807) is 14.2 Å². The fourth-order valence-corrected chi connectivity index (χ4v) is 3.45. The van der Waals surface area contributed by atoms with Crippen molar-refractivity contribution in [1.29, 1.82) is 0 Å². The summed E-state index contributed by atoms with van der Waals surface area (Å²) in [4.78, 5) is 9.23. The van der Waals surface area contributed by atoms with Crippen molar-refractivity contribution in [1.82, 2.24) is 25.4 Å². The standard InChI is InChI=1S/C22H34N6O3/c1-4-23-22(24-12-5-13-31-15-17-6-9-19(30-3)10-7-17)25-18-8-11-21-26-20(16-29-2)27-28(21)14-18/h6-7,9-10,18H,4-5,8,11-16H2,1-3H3,(H2,23,24,25). The van der Waals surface area contributed by atoms with Gasteiger partial charge < -0.3 is 24.8 Å². The van der Waals surface area contributed by atoms with Gasteiger partial charge in [-0.15, -0.1) is 0 Å². The maximum Gasteiger partial charge on any atom is 0.191 e. The SMILES string of the molecule is CCNC(=NCCCOCc1ccc(OC)cc1)NC1CCc2nc(COC)nn2C1. The zero-order valence-corrected chi connectivity index (χ0v) is 18.8. The minimum Gasteiger partial charge on any atom is -0.497 e. The minimum absolute atomic E-state index is 0.272. The normalized spacial score (nSPS) is 16.1. The summed E-state index contributed by atoms with van der Waals surface area (Å²) in [6, 6.07) is 8.21. The summed E-state index contributed by atoms with van der Waals surface area (Å²) >= 11 is 0. The molecule has 9 nitrogen and oxygen atoms in total. The molecule has 2 heterocycles. The number of aryl methyl sites for hydroxylation is 1. The first-order valence-electron chi connectivity index (χ1n) is 10.9. The van der Waals surface area contributed by atoms with E-state index in [9.17, 15) is 0 Å². The van der Waals surface area contributed by atoms with Crippen molar-refractivity contribution in [2.24, 2.45) is 4.99 Å². The van der Waals surface area contributed by atoms with Crippen LogP contribution < -0.4 is 15.4 Å². The van der Waals surface area contributed by atoms with Crippen LogP contribution in [-0.4, -0.2) is 60.7 Å².